The van der Waals surface area contributed by atoms with Gasteiger partial charge in [-0.25, -0.2) is 15.0 Å². The molecule has 0 N–H and O–H groups in total. The Bertz CT molecular complexity index is 3550. The molecule has 0 spiro atoms. The topological polar surface area (TPSA) is 74.3 Å². The summed E-state index contributed by atoms with van der Waals surface area (Å²) < 4.78 is 4.44. The molecule has 8 aromatic carbocycles. The largest absolute Gasteiger partial charge is 0.309 e. The Kier molecular flexibility index (Phi) is 8.35. The number of para-hydroxylation sites is 2. The Morgan fingerprint density at radius 1 is 0.290 bits per heavy atom. The van der Waals surface area contributed by atoms with E-state index in [1.807, 2.05) is 84.9 Å². The van der Waals surface area contributed by atoms with Crippen LogP contribution in [0, 0.1) is 0 Å². The molecule has 0 amide bonds. The fourth-order valence-electron chi connectivity index (χ4n) is 8.71. The molecule has 7 heteroatoms. The fourth-order valence-corrected chi connectivity index (χ4v) is 8.71. The first kappa shape index (κ1) is 35.4. The van der Waals surface area contributed by atoms with Crippen LogP contribution in [0.2, 0.25) is 0 Å². The van der Waals surface area contributed by atoms with Crippen molar-refractivity contribution in [2.75, 3.05) is 0 Å². The average molecular weight is 794 g/mol. The van der Waals surface area contributed by atoms with Crippen LogP contribution in [0.4, 0.5) is 0 Å². The smallest absolute Gasteiger partial charge is 0.240 e. The monoisotopic (exact) mass is 793 g/mol. The van der Waals surface area contributed by atoms with Gasteiger partial charge in [-0.05, 0) is 53.6 Å². The molecule has 0 aliphatic carbocycles. The molecule has 0 unspecified atom stereocenters. The standard InChI is InChI=1S/C55H35N7/c1-6-18-36(19-7-1)50-49-45-35-41(40-30-32-47-44(34-40)43-28-16-17-29-46(43)61(47)42-26-14-5-15-27-42)31-33-48(45)62(54(49)58-51(56-50)37-20-8-2-9-21-37)55-59-52(38-22-10-3-11-23-38)57-53(60-55)39-24-12-4-13-25-39/h1-35H. The Hall–Kier alpha value is -8.55. The Morgan fingerprint density at radius 2 is 0.742 bits per heavy atom. The highest BCUT2D eigenvalue weighted by Gasteiger charge is 2.24. The maximum absolute atomic E-state index is 5.41. The maximum Gasteiger partial charge on any atom is 0.240 e. The lowest BCUT2D eigenvalue weighted by Gasteiger charge is -2.11. The molecule has 7 nitrogen and oxygen atoms in total. The third-order valence-electron chi connectivity index (χ3n) is 11.6. The van der Waals surface area contributed by atoms with Gasteiger partial charge in [0.15, 0.2) is 23.1 Å². The third-order valence-corrected chi connectivity index (χ3v) is 11.6. The van der Waals surface area contributed by atoms with E-state index in [-0.39, 0.29) is 0 Å². The van der Waals surface area contributed by atoms with Crippen molar-refractivity contribution >= 4 is 43.7 Å². The van der Waals surface area contributed by atoms with Crippen LogP contribution in [-0.4, -0.2) is 34.1 Å². The summed E-state index contributed by atoms with van der Waals surface area (Å²) in [6, 6.07) is 73.3. The molecule has 0 saturated heterocycles. The molecule has 0 aliphatic heterocycles. The molecular weight excluding hydrogens is 759 g/mol. The summed E-state index contributed by atoms with van der Waals surface area (Å²) in [5.74, 6) is 2.23. The molecular formula is C55H35N7. The zero-order valence-electron chi connectivity index (χ0n) is 33.3. The van der Waals surface area contributed by atoms with Crippen LogP contribution in [0.5, 0.6) is 0 Å². The summed E-state index contributed by atoms with van der Waals surface area (Å²) in [7, 11) is 0. The van der Waals surface area contributed by atoms with E-state index in [0.717, 1.165) is 66.6 Å². The van der Waals surface area contributed by atoms with E-state index in [9.17, 15) is 0 Å². The highest BCUT2D eigenvalue weighted by atomic mass is 15.2. The Balaban J connectivity index is 1.16. The molecule has 0 atom stereocenters. The number of rotatable bonds is 7. The first-order chi connectivity index (χ1) is 30.7. The highest BCUT2D eigenvalue weighted by molar-refractivity contribution is 6.15. The average Bonchev–Trinajstić information content (AvgIpc) is 3.87. The summed E-state index contributed by atoms with van der Waals surface area (Å²) in [6.45, 7) is 0. The van der Waals surface area contributed by atoms with Crippen molar-refractivity contribution in [2.24, 2.45) is 0 Å². The second-order valence-electron chi connectivity index (χ2n) is 15.3. The molecule has 12 rings (SSSR count). The fraction of sp³-hybridized carbons (Fsp3) is 0. The van der Waals surface area contributed by atoms with Gasteiger partial charge in [-0.1, -0.05) is 170 Å². The van der Waals surface area contributed by atoms with Gasteiger partial charge in [0.2, 0.25) is 5.95 Å². The Labute approximate surface area is 356 Å². The Morgan fingerprint density at radius 3 is 1.32 bits per heavy atom. The quantitative estimate of drug-likeness (QED) is 0.161. The van der Waals surface area contributed by atoms with Crippen molar-refractivity contribution in [1.29, 1.82) is 0 Å². The van der Waals surface area contributed by atoms with Gasteiger partial charge in [0.25, 0.3) is 0 Å². The van der Waals surface area contributed by atoms with Crippen LogP contribution < -0.4 is 0 Å². The lowest BCUT2D eigenvalue weighted by Crippen LogP contribution is -2.07. The number of aromatic nitrogens is 7. The molecule has 4 aromatic heterocycles. The zero-order chi connectivity index (χ0) is 41.0. The van der Waals surface area contributed by atoms with Crippen molar-refractivity contribution in [2.45, 2.75) is 0 Å². The second kappa shape index (κ2) is 14.6. The summed E-state index contributed by atoms with van der Waals surface area (Å²) >= 11 is 0. The van der Waals surface area contributed by atoms with Crippen LogP contribution >= 0.6 is 0 Å². The minimum atomic E-state index is 0.470. The molecule has 0 aliphatic rings. The first-order valence-corrected chi connectivity index (χ1v) is 20.7. The van der Waals surface area contributed by atoms with E-state index < -0.39 is 0 Å². The van der Waals surface area contributed by atoms with Gasteiger partial charge in [0, 0.05) is 44.1 Å². The van der Waals surface area contributed by atoms with Gasteiger partial charge in [0.1, 0.15) is 0 Å². The van der Waals surface area contributed by atoms with E-state index in [1.165, 1.54) is 16.3 Å². The predicted molar refractivity (Wildman–Crippen MR) is 251 cm³/mol. The van der Waals surface area contributed by atoms with Crippen LogP contribution in [0.15, 0.2) is 212 Å². The van der Waals surface area contributed by atoms with Crippen LogP contribution in [-0.2, 0) is 0 Å². The molecule has 0 saturated carbocycles. The number of benzene rings is 8. The normalized spacial score (nSPS) is 11.5. The highest BCUT2D eigenvalue weighted by Crippen LogP contribution is 2.41. The molecule has 62 heavy (non-hydrogen) atoms. The van der Waals surface area contributed by atoms with Crippen molar-refractivity contribution < 1.29 is 0 Å². The van der Waals surface area contributed by atoms with Crippen molar-refractivity contribution in [3.8, 4) is 68.2 Å². The molecule has 12 aromatic rings. The van der Waals surface area contributed by atoms with E-state index in [1.54, 1.807) is 0 Å². The third kappa shape index (κ3) is 5.94. The SMILES string of the molecule is c1ccc(-c2nc(-c3ccccc3)nc(-n3c4ccc(-c5ccc6c(c5)c5ccccc5n6-c5ccccc5)cc4c4c(-c5ccccc5)nc(-c5ccccc5)nc43)n2)cc1. The van der Waals surface area contributed by atoms with E-state index in [0.29, 0.717) is 29.1 Å². The molecule has 0 radical (unpaired) electrons. The van der Waals surface area contributed by atoms with E-state index in [2.05, 4.69) is 137 Å². The number of fused-ring (bicyclic) bond motifs is 6. The van der Waals surface area contributed by atoms with Gasteiger partial charge in [0.05, 0.1) is 27.6 Å². The van der Waals surface area contributed by atoms with E-state index >= 15 is 0 Å². The minimum absolute atomic E-state index is 0.470. The lowest BCUT2D eigenvalue weighted by atomic mass is 9.99. The number of nitrogens with zero attached hydrogens (tertiary/aromatic N) is 7. The summed E-state index contributed by atoms with van der Waals surface area (Å²) in [5, 5.41) is 4.30. The van der Waals surface area contributed by atoms with Crippen molar-refractivity contribution in [3.63, 3.8) is 0 Å². The minimum Gasteiger partial charge on any atom is -0.309 e. The van der Waals surface area contributed by atoms with Gasteiger partial charge < -0.3 is 4.57 Å². The first-order valence-electron chi connectivity index (χ1n) is 20.7. The second-order valence-corrected chi connectivity index (χ2v) is 15.3. The van der Waals surface area contributed by atoms with Crippen LogP contribution in [0.1, 0.15) is 0 Å². The van der Waals surface area contributed by atoms with Crippen LogP contribution in [0.25, 0.3) is 112 Å². The summed E-state index contributed by atoms with van der Waals surface area (Å²) in [6.07, 6.45) is 0. The van der Waals surface area contributed by atoms with E-state index in [4.69, 9.17) is 24.9 Å². The summed E-state index contributed by atoms with van der Waals surface area (Å²) in [5.41, 5.74) is 11.8. The predicted octanol–water partition coefficient (Wildman–Crippen LogP) is 13.2. The van der Waals surface area contributed by atoms with Gasteiger partial charge in [-0.2, -0.15) is 9.97 Å². The number of hydrogen-bond acceptors (Lipinski definition) is 5. The summed E-state index contributed by atoms with van der Waals surface area (Å²) in [4.78, 5) is 26.2. The molecule has 4 heterocycles. The molecule has 0 bridgehead atoms. The van der Waals surface area contributed by atoms with Crippen molar-refractivity contribution in [1.82, 2.24) is 34.1 Å². The van der Waals surface area contributed by atoms with Gasteiger partial charge >= 0.3 is 0 Å². The van der Waals surface area contributed by atoms with Crippen LogP contribution in [0.3, 0.4) is 0 Å². The van der Waals surface area contributed by atoms with Gasteiger partial charge in [-0.3, -0.25) is 4.57 Å². The number of hydrogen-bond donors (Lipinski definition) is 0. The van der Waals surface area contributed by atoms with Gasteiger partial charge in [-0.15, -0.1) is 0 Å². The zero-order valence-corrected chi connectivity index (χ0v) is 33.3. The lowest BCUT2D eigenvalue weighted by molar-refractivity contribution is 0.942. The molecule has 290 valence electrons. The van der Waals surface area contributed by atoms with Crippen molar-refractivity contribution in [3.05, 3.63) is 212 Å². The maximum atomic E-state index is 5.41. The molecule has 0 fully saturated rings.